The molecule has 0 fully saturated rings. The maximum Gasteiger partial charge on any atom is 0.337 e. The van der Waals surface area contributed by atoms with Crippen LogP contribution in [0.2, 0.25) is 0 Å². The maximum absolute atomic E-state index is 12.3. The smallest absolute Gasteiger partial charge is 0.337 e. The van der Waals surface area contributed by atoms with Crippen LogP contribution < -0.4 is 0 Å². The van der Waals surface area contributed by atoms with Crippen LogP contribution in [0, 0.1) is 0 Å². The van der Waals surface area contributed by atoms with Crippen LogP contribution in [0.5, 0.6) is 0 Å². The van der Waals surface area contributed by atoms with E-state index in [2.05, 4.69) is 0 Å². The van der Waals surface area contributed by atoms with Crippen molar-refractivity contribution in [2.75, 3.05) is 0 Å². The number of thiophene rings is 1. The second-order valence-electron chi connectivity index (χ2n) is 6.11. The highest BCUT2D eigenvalue weighted by Crippen LogP contribution is 2.34. The fraction of sp³-hybridized carbons (Fsp3) is 0.316. The summed E-state index contributed by atoms with van der Waals surface area (Å²) in [6.45, 7) is 2.38. The molecule has 0 saturated heterocycles. The first-order chi connectivity index (χ1) is 12.0. The minimum absolute atomic E-state index is 0.0136. The molecule has 1 atom stereocenters. The van der Waals surface area contributed by atoms with Gasteiger partial charge in [0.15, 0.2) is 5.78 Å². The van der Waals surface area contributed by atoms with Gasteiger partial charge < -0.3 is 9.84 Å². The number of thiocarbonyl (C=S) groups is 1. The summed E-state index contributed by atoms with van der Waals surface area (Å²) in [5.41, 5.74) is 1.84. The molecule has 0 saturated carbocycles. The third kappa shape index (κ3) is 4.03. The van der Waals surface area contributed by atoms with Crippen molar-refractivity contribution in [3.05, 3.63) is 56.8 Å². The van der Waals surface area contributed by atoms with Gasteiger partial charge in [0.1, 0.15) is 0 Å². The number of ketones is 1. The van der Waals surface area contributed by atoms with Gasteiger partial charge in [0.05, 0.1) is 18.3 Å². The van der Waals surface area contributed by atoms with E-state index in [9.17, 15) is 14.7 Å². The average Bonchev–Trinajstić information content (AvgIpc) is 2.92. The Hall–Kier alpha value is -1.89. The zero-order valence-corrected chi connectivity index (χ0v) is 15.4. The van der Waals surface area contributed by atoms with E-state index in [4.69, 9.17) is 17.0 Å². The largest absolute Gasteiger partial charge is 0.478 e. The molecule has 3 rings (SSSR count). The predicted molar refractivity (Wildman–Crippen MR) is 101 cm³/mol. The van der Waals surface area contributed by atoms with E-state index in [1.54, 1.807) is 12.1 Å². The number of carbonyl (C=O) groups excluding carboxylic acids is 1. The molecule has 0 spiro atoms. The lowest BCUT2D eigenvalue weighted by Gasteiger charge is -2.19. The SMILES string of the molecule is CC1Cc2c(sc(CC(=S)CC(=O)c3ccccc3)c2C(=O)O)CO1. The first kappa shape index (κ1) is 17.9. The quantitative estimate of drug-likeness (QED) is 0.609. The zero-order valence-electron chi connectivity index (χ0n) is 13.8. The lowest BCUT2D eigenvalue weighted by molar-refractivity contribution is 0.0426. The van der Waals surface area contributed by atoms with E-state index in [0.717, 1.165) is 15.3 Å². The van der Waals surface area contributed by atoms with Gasteiger partial charge in [0.25, 0.3) is 0 Å². The summed E-state index contributed by atoms with van der Waals surface area (Å²) in [6, 6.07) is 9.00. The molecule has 1 aliphatic heterocycles. The van der Waals surface area contributed by atoms with Gasteiger partial charge in [-0.1, -0.05) is 42.5 Å². The Bertz CT molecular complexity index is 823. The van der Waals surface area contributed by atoms with Gasteiger partial charge in [0.2, 0.25) is 0 Å². The van der Waals surface area contributed by atoms with Crippen LogP contribution in [0.1, 0.15) is 49.4 Å². The predicted octanol–water partition coefficient (Wildman–Crippen LogP) is 4.09. The summed E-state index contributed by atoms with van der Waals surface area (Å²) in [5, 5.41) is 9.63. The van der Waals surface area contributed by atoms with Crippen molar-refractivity contribution in [1.82, 2.24) is 0 Å². The van der Waals surface area contributed by atoms with Gasteiger partial charge in [-0.2, -0.15) is 0 Å². The Labute approximate surface area is 155 Å². The second kappa shape index (κ2) is 7.56. The number of aromatic carboxylic acids is 1. The zero-order chi connectivity index (χ0) is 18.0. The van der Waals surface area contributed by atoms with Crippen LogP contribution in [0.25, 0.3) is 0 Å². The second-order valence-corrected chi connectivity index (χ2v) is 7.88. The Kier molecular flexibility index (Phi) is 5.42. The van der Waals surface area contributed by atoms with Crippen LogP contribution in [-0.2, 0) is 24.2 Å². The van der Waals surface area contributed by atoms with Gasteiger partial charge in [0, 0.05) is 39.4 Å². The van der Waals surface area contributed by atoms with E-state index in [-0.39, 0.29) is 18.3 Å². The first-order valence-electron chi connectivity index (χ1n) is 8.04. The molecule has 130 valence electrons. The molecule has 0 aliphatic carbocycles. The molecule has 0 amide bonds. The van der Waals surface area contributed by atoms with Crippen LogP contribution in [0.3, 0.4) is 0 Å². The number of rotatable bonds is 6. The molecule has 1 aromatic carbocycles. The van der Waals surface area contributed by atoms with Crippen LogP contribution in [0.15, 0.2) is 30.3 Å². The Morgan fingerprint density at radius 2 is 2.04 bits per heavy atom. The van der Waals surface area contributed by atoms with Gasteiger partial charge in [-0.05, 0) is 12.5 Å². The number of hydrogen-bond acceptors (Lipinski definition) is 5. The van der Waals surface area contributed by atoms with E-state index in [1.807, 2.05) is 25.1 Å². The summed E-state index contributed by atoms with van der Waals surface area (Å²) >= 11 is 6.82. The molecular formula is C19H18O4S2. The normalized spacial score (nSPS) is 16.3. The van der Waals surface area contributed by atoms with Gasteiger partial charge in [-0.25, -0.2) is 4.79 Å². The minimum atomic E-state index is -0.932. The highest BCUT2D eigenvalue weighted by Gasteiger charge is 2.28. The van der Waals surface area contributed by atoms with Crippen molar-refractivity contribution in [3.8, 4) is 0 Å². The number of hydrogen-bond donors (Lipinski definition) is 1. The Morgan fingerprint density at radius 1 is 1.32 bits per heavy atom. The number of carboxylic acid groups (broad SMARTS) is 1. The van der Waals surface area contributed by atoms with Gasteiger partial charge in [-0.3, -0.25) is 4.79 Å². The number of benzene rings is 1. The Balaban J connectivity index is 1.77. The number of ether oxygens (including phenoxy) is 1. The molecular weight excluding hydrogens is 356 g/mol. The van der Waals surface area contributed by atoms with Crippen LogP contribution in [-0.4, -0.2) is 27.8 Å². The molecule has 0 radical (unpaired) electrons. The van der Waals surface area contributed by atoms with E-state index < -0.39 is 5.97 Å². The first-order valence-corrected chi connectivity index (χ1v) is 9.26. The third-order valence-corrected chi connectivity index (χ3v) is 5.67. The van der Waals surface area contributed by atoms with Crippen molar-refractivity contribution in [2.45, 2.75) is 38.9 Å². The standard InChI is InChI=1S/C19H18O4S2/c1-11-7-14-17(10-23-11)25-16(18(14)19(21)22)9-13(24)8-15(20)12-5-3-2-4-6-12/h2-6,11H,7-10H2,1H3,(H,21,22). The molecule has 1 unspecified atom stereocenters. The highest BCUT2D eigenvalue weighted by molar-refractivity contribution is 7.80. The summed E-state index contributed by atoms with van der Waals surface area (Å²) in [7, 11) is 0. The van der Waals surface area contributed by atoms with Crippen molar-refractivity contribution < 1.29 is 19.4 Å². The van der Waals surface area contributed by atoms with E-state index in [0.29, 0.717) is 35.4 Å². The molecule has 0 bridgehead atoms. The lowest BCUT2D eigenvalue weighted by Crippen LogP contribution is -2.19. The number of carbonyl (C=O) groups is 2. The van der Waals surface area contributed by atoms with Crippen LogP contribution >= 0.6 is 23.6 Å². The summed E-state index contributed by atoms with van der Waals surface area (Å²) in [5.74, 6) is -0.973. The van der Waals surface area contributed by atoms with Crippen molar-refractivity contribution >= 4 is 40.2 Å². The molecule has 25 heavy (non-hydrogen) atoms. The molecule has 1 aliphatic rings. The summed E-state index contributed by atoms with van der Waals surface area (Å²) in [6.07, 6.45) is 1.10. The van der Waals surface area contributed by atoms with E-state index in [1.165, 1.54) is 11.3 Å². The van der Waals surface area contributed by atoms with Crippen molar-refractivity contribution in [1.29, 1.82) is 0 Å². The van der Waals surface area contributed by atoms with Crippen LogP contribution in [0.4, 0.5) is 0 Å². The molecule has 6 heteroatoms. The Morgan fingerprint density at radius 3 is 2.72 bits per heavy atom. The molecule has 1 N–H and O–H groups in total. The van der Waals surface area contributed by atoms with E-state index >= 15 is 0 Å². The molecule has 4 nitrogen and oxygen atoms in total. The van der Waals surface area contributed by atoms with Crippen molar-refractivity contribution in [3.63, 3.8) is 0 Å². The third-order valence-electron chi connectivity index (χ3n) is 4.18. The summed E-state index contributed by atoms with van der Waals surface area (Å²) < 4.78 is 5.61. The summed E-state index contributed by atoms with van der Waals surface area (Å²) in [4.78, 5) is 26.3. The number of fused-ring (bicyclic) bond motifs is 1. The van der Waals surface area contributed by atoms with Gasteiger partial charge in [-0.15, -0.1) is 11.3 Å². The fourth-order valence-corrected chi connectivity index (χ4v) is 4.64. The molecule has 2 heterocycles. The van der Waals surface area contributed by atoms with Gasteiger partial charge >= 0.3 is 5.97 Å². The molecule has 2 aromatic rings. The maximum atomic E-state index is 12.3. The average molecular weight is 374 g/mol. The number of Topliss-reactive ketones (excluding diaryl/α,β-unsaturated/α-hetero) is 1. The van der Waals surface area contributed by atoms with Crippen molar-refractivity contribution in [2.24, 2.45) is 0 Å². The number of carboxylic acids is 1. The molecule has 1 aromatic heterocycles. The lowest BCUT2D eigenvalue weighted by atomic mass is 9.98. The topological polar surface area (TPSA) is 63.6 Å². The highest BCUT2D eigenvalue weighted by atomic mass is 32.1. The minimum Gasteiger partial charge on any atom is -0.478 e. The fourth-order valence-electron chi connectivity index (χ4n) is 2.99. The monoisotopic (exact) mass is 374 g/mol.